The van der Waals surface area contributed by atoms with Crippen LogP contribution in [0.25, 0.3) is 0 Å². The van der Waals surface area contributed by atoms with Crippen LogP contribution in [-0.2, 0) is 0 Å². The fraction of sp³-hybridized carbons (Fsp3) is 0.286. The third kappa shape index (κ3) is 2.83. The number of amides is 1. The fourth-order valence-electron chi connectivity index (χ4n) is 2.21. The van der Waals surface area contributed by atoms with Gasteiger partial charge in [-0.25, -0.2) is 19.9 Å². The van der Waals surface area contributed by atoms with Crippen molar-refractivity contribution in [3.63, 3.8) is 0 Å². The highest BCUT2D eigenvalue weighted by molar-refractivity contribution is 5.90. The number of hydrogen-bond donors (Lipinski definition) is 0. The van der Waals surface area contributed by atoms with Crippen molar-refractivity contribution in [2.75, 3.05) is 13.1 Å². The Labute approximate surface area is 126 Å². The molecule has 1 aliphatic heterocycles. The van der Waals surface area contributed by atoms with Gasteiger partial charge in [-0.2, -0.15) is 5.26 Å². The first-order valence-electron chi connectivity index (χ1n) is 6.72. The van der Waals surface area contributed by atoms with Crippen LogP contribution in [0.2, 0.25) is 0 Å². The number of carbonyl (C=O) groups is 1. The largest absolute Gasteiger partial charge is 0.470 e. The van der Waals surface area contributed by atoms with Crippen LogP contribution in [0.4, 0.5) is 0 Å². The smallest absolute Gasteiger partial charge is 0.291 e. The summed E-state index contributed by atoms with van der Waals surface area (Å²) in [7, 11) is 0. The Bertz CT molecular complexity index is 715. The summed E-state index contributed by atoms with van der Waals surface area (Å²) < 4.78 is 5.68. The van der Waals surface area contributed by atoms with E-state index in [0.717, 1.165) is 0 Å². The Morgan fingerprint density at radius 2 is 2.00 bits per heavy atom. The van der Waals surface area contributed by atoms with Crippen molar-refractivity contribution in [2.45, 2.75) is 12.5 Å². The summed E-state index contributed by atoms with van der Waals surface area (Å²) >= 11 is 0. The summed E-state index contributed by atoms with van der Waals surface area (Å²) in [4.78, 5) is 29.7. The molecule has 0 saturated carbocycles. The normalized spacial score (nSPS) is 17.0. The summed E-state index contributed by atoms with van der Waals surface area (Å²) in [5, 5.41) is 8.97. The Morgan fingerprint density at radius 3 is 2.77 bits per heavy atom. The molecule has 1 fully saturated rings. The highest BCUT2D eigenvalue weighted by Gasteiger charge is 2.30. The lowest BCUT2D eigenvalue weighted by atomic mass is 10.3. The van der Waals surface area contributed by atoms with Crippen molar-refractivity contribution in [3.8, 4) is 11.9 Å². The van der Waals surface area contributed by atoms with Crippen molar-refractivity contribution >= 4 is 5.91 Å². The van der Waals surface area contributed by atoms with Crippen LogP contribution >= 0.6 is 0 Å². The van der Waals surface area contributed by atoms with Gasteiger partial charge in [-0.15, -0.1) is 0 Å². The van der Waals surface area contributed by atoms with Crippen molar-refractivity contribution in [1.29, 1.82) is 5.26 Å². The molecule has 1 atom stereocenters. The van der Waals surface area contributed by atoms with E-state index in [9.17, 15) is 4.79 Å². The average Bonchev–Trinajstić information content (AvgIpc) is 3.04. The zero-order valence-corrected chi connectivity index (χ0v) is 11.6. The van der Waals surface area contributed by atoms with Crippen molar-refractivity contribution < 1.29 is 9.53 Å². The van der Waals surface area contributed by atoms with E-state index in [1.807, 2.05) is 6.07 Å². The number of likely N-dealkylation sites (tertiary alicyclic amines) is 1. The third-order valence-corrected chi connectivity index (χ3v) is 3.24. The first-order chi connectivity index (χ1) is 10.8. The van der Waals surface area contributed by atoms with Gasteiger partial charge in [0.25, 0.3) is 11.8 Å². The van der Waals surface area contributed by atoms with Crippen LogP contribution in [0.1, 0.15) is 22.7 Å². The first-order valence-corrected chi connectivity index (χ1v) is 6.72. The van der Waals surface area contributed by atoms with Crippen LogP contribution < -0.4 is 4.74 Å². The van der Waals surface area contributed by atoms with Crippen molar-refractivity contribution in [1.82, 2.24) is 24.8 Å². The zero-order valence-electron chi connectivity index (χ0n) is 11.6. The molecule has 0 aromatic carbocycles. The maximum atomic E-state index is 12.2. The van der Waals surface area contributed by atoms with Crippen LogP contribution in [0, 0.1) is 11.3 Å². The minimum Gasteiger partial charge on any atom is -0.470 e. The molecule has 0 aliphatic carbocycles. The number of aromatic nitrogens is 4. The Balaban J connectivity index is 1.66. The molecule has 8 nitrogen and oxygen atoms in total. The van der Waals surface area contributed by atoms with Crippen LogP contribution in [-0.4, -0.2) is 49.9 Å². The molecular formula is C14H12N6O2. The van der Waals surface area contributed by atoms with Gasteiger partial charge in [0.15, 0.2) is 0 Å². The van der Waals surface area contributed by atoms with E-state index in [4.69, 9.17) is 10.00 Å². The molecule has 2 aromatic heterocycles. The SMILES string of the molecule is N#Cc1nccnc1O[C@@H]1CCN(C(=O)c2ncccn2)C1. The Morgan fingerprint density at radius 1 is 1.23 bits per heavy atom. The number of nitrogens with zero attached hydrogens (tertiary/aromatic N) is 6. The molecular weight excluding hydrogens is 284 g/mol. The van der Waals surface area contributed by atoms with Gasteiger partial charge in [-0.3, -0.25) is 4.79 Å². The second kappa shape index (κ2) is 6.13. The molecule has 1 amide bonds. The molecule has 3 heterocycles. The van der Waals surface area contributed by atoms with E-state index in [2.05, 4.69) is 19.9 Å². The number of carbonyl (C=O) groups excluding carboxylic acids is 1. The van der Waals surface area contributed by atoms with Gasteiger partial charge < -0.3 is 9.64 Å². The van der Waals surface area contributed by atoms with Crippen molar-refractivity contribution in [3.05, 3.63) is 42.4 Å². The van der Waals surface area contributed by atoms with E-state index >= 15 is 0 Å². The van der Waals surface area contributed by atoms with Crippen LogP contribution in [0.5, 0.6) is 5.88 Å². The summed E-state index contributed by atoms with van der Waals surface area (Å²) in [6, 6.07) is 3.59. The van der Waals surface area contributed by atoms with Gasteiger partial charge in [0.05, 0.1) is 6.54 Å². The lowest BCUT2D eigenvalue weighted by Crippen LogP contribution is -2.32. The number of nitriles is 1. The third-order valence-electron chi connectivity index (χ3n) is 3.24. The van der Waals surface area contributed by atoms with E-state index in [-0.39, 0.29) is 29.4 Å². The van der Waals surface area contributed by atoms with E-state index in [0.29, 0.717) is 19.5 Å². The Hall–Kier alpha value is -3.08. The van der Waals surface area contributed by atoms with Gasteiger partial charge in [0.1, 0.15) is 12.2 Å². The minimum absolute atomic E-state index is 0.138. The van der Waals surface area contributed by atoms with Crippen LogP contribution in [0.15, 0.2) is 30.9 Å². The zero-order chi connectivity index (χ0) is 15.4. The summed E-state index contributed by atoms with van der Waals surface area (Å²) in [6.07, 6.45) is 6.39. The quantitative estimate of drug-likeness (QED) is 0.808. The first kappa shape index (κ1) is 13.9. The van der Waals surface area contributed by atoms with Gasteiger partial charge in [0, 0.05) is 37.8 Å². The molecule has 22 heavy (non-hydrogen) atoms. The maximum Gasteiger partial charge on any atom is 0.291 e. The predicted octanol–water partition coefficient (Wildman–Crippen LogP) is 0.432. The van der Waals surface area contributed by atoms with Gasteiger partial charge in [-0.1, -0.05) is 0 Å². The molecule has 0 unspecified atom stereocenters. The van der Waals surface area contributed by atoms with Gasteiger partial charge in [-0.05, 0) is 6.07 Å². The molecule has 2 aromatic rings. The monoisotopic (exact) mass is 296 g/mol. The van der Waals surface area contributed by atoms with E-state index in [1.165, 1.54) is 24.8 Å². The number of rotatable bonds is 3. The second-order valence-corrected chi connectivity index (χ2v) is 4.67. The molecule has 8 heteroatoms. The highest BCUT2D eigenvalue weighted by atomic mass is 16.5. The Kier molecular flexibility index (Phi) is 3.87. The average molecular weight is 296 g/mol. The molecule has 1 aliphatic rings. The molecule has 1 saturated heterocycles. The summed E-state index contributed by atoms with van der Waals surface area (Å²) in [5.74, 6) is 0.131. The minimum atomic E-state index is -0.230. The molecule has 3 rings (SSSR count). The van der Waals surface area contributed by atoms with E-state index in [1.54, 1.807) is 11.0 Å². The molecule has 0 spiro atoms. The van der Waals surface area contributed by atoms with Crippen LogP contribution in [0.3, 0.4) is 0 Å². The molecule has 0 bridgehead atoms. The standard InChI is InChI=1S/C14H12N6O2/c15-8-11-13(19-6-5-16-11)22-10-2-7-20(9-10)14(21)12-17-3-1-4-18-12/h1,3-6,10H,2,7,9H2/t10-/m1/s1. The topological polar surface area (TPSA) is 105 Å². The summed E-state index contributed by atoms with van der Waals surface area (Å²) in [5.41, 5.74) is 0.138. The summed E-state index contributed by atoms with van der Waals surface area (Å²) in [6.45, 7) is 0.947. The second-order valence-electron chi connectivity index (χ2n) is 4.67. The molecule has 0 N–H and O–H groups in total. The number of ether oxygens (including phenoxy) is 1. The lowest BCUT2D eigenvalue weighted by Gasteiger charge is -2.16. The highest BCUT2D eigenvalue weighted by Crippen LogP contribution is 2.19. The van der Waals surface area contributed by atoms with Gasteiger partial charge >= 0.3 is 0 Å². The maximum absolute atomic E-state index is 12.2. The van der Waals surface area contributed by atoms with Crippen molar-refractivity contribution in [2.24, 2.45) is 0 Å². The van der Waals surface area contributed by atoms with Gasteiger partial charge in [0.2, 0.25) is 11.5 Å². The number of hydrogen-bond acceptors (Lipinski definition) is 7. The molecule has 0 radical (unpaired) electrons. The van der Waals surface area contributed by atoms with E-state index < -0.39 is 0 Å². The lowest BCUT2D eigenvalue weighted by molar-refractivity contribution is 0.0759. The fourth-order valence-corrected chi connectivity index (χ4v) is 2.21. The predicted molar refractivity (Wildman–Crippen MR) is 73.7 cm³/mol. The molecule has 110 valence electrons.